The van der Waals surface area contributed by atoms with Crippen molar-refractivity contribution in [2.45, 2.75) is 32.2 Å². The molecular weight excluding hydrogens is 196 g/mol. The van der Waals surface area contributed by atoms with E-state index in [4.69, 9.17) is 10.8 Å². The molecule has 3 N–H and O–H groups in total. The Morgan fingerprint density at radius 1 is 1.53 bits per heavy atom. The number of carbonyl (C=O) groups excluding carboxylic acids is 1. The van der Waals surface area contributed by atoms with Gasteiger partial charge in [-0.3, -0.25) is 4.79 Å². The van der Waals surface area contributed by atoms with Gasteiger partial charge in [-0.05, 0) is 25.8 Å². The van der Waals surface area contributed by atoms with Crippen LogP contribution in [0.3, 0.4) is 0 Å². The molecule has 0 fully saturated rings. The van der Waals surface area contributed by atoms with Crippen molar-refractivity contribution >= 4 is 11.9 Å². The number of hydrogen-bond donors (Lipinski definition) is 2. The first-order chi connectivity index (χ1) is 7.04. The first kappa shape index (κ1) is 13.6. The van der Waals surface area contributed by atoms with Gasteiger partial charge in [0.25, 0.3) is 0 Å². The molecule has 15 heavy (non-hydrogen) atoms. The Bertz CT molecular complexity index is 241. The van der Waals surface area contributed by atoms with E-state index in [1.807, 2.05) is 0 Å². The second kappa shape index (κ2) is 7.00. The van der Waals surface area contributed by atoms with Gasteiger partial charge in [0.2, 0.25) is 5.91 Å². The number of carbonyl (C=O) groups is 2. The smallest absolute Gasteiger partial charge is 0.326 e. The van der Waals surface area contributed by atoms with E-state index in [9.17, 15) is 9.59 Å². The van der Waals surface area contributed by atoms with Gasteiger partial charge in [-0.2, -0.15) is 0 Å². The quantitative estimate of drug-likeness (QED) is 0.606. The highest BCUT2D eigenvalue weighted by Gasteiger charge is 2.24. The Kier molecular flexibility index (Phi) is 6.37. The highest BCUT2D eigenvalue weighted by atomic mass is 16.4. The molecular formula is C10H18N2O3. The minimum atomic E-state index is -1.01. The van der Waals surface area contributed by atoms with E-state index in [1.165, 1.54) is 13.1 Å². The van der Waals surface area contributed by atoms with Crippen LogP contribution in [0.2, 0.25) is 0 Å². The third-order valence-electron chi connectivity index (χ3n) is 2.11. The fourth-order valence-corrected chi connectivity index (χ4v) is 1.34. The molecule has 0 aromatic heterocycles. The van der Waals surface area contributed by atoms with E-state index >= 15 is 0 Å². The van der Waals surface area contributed by atoms with Crippen LogP contribution in [-0.4, -0.2) is 34.5 Å². The summed E-state index contributed by atoms with van der Waals surface area (Å²) in [6.07, 6.45) is 3.10. The van der Waals surface area contributed by atoms with Crippen LogP contribution in [0.5, 0.6) is 0 Å². The van der Waals surface area contributed by atoms with Crippen molar-refractivity contribution in [3.63, 3.8) is 0 Å². The molecule has 0 saturated carbocycles. The monoisotopic (exact) mass is 214 g/mol. The summed E-state index contributed by atoms with van der Waals surface area (Å²) in [6, 6.07) is -0.827. The van der Waals surface area contributed by atoms with E-state index in [0.717, 1.165) is 11.3 Å². The highest BCUT2D eigenvalue weighted by Crippen LogP contribution is 2.10. The molecule has 0 spiro atoms. The summed E-state index contributed by atoms with van der Waals surface area (Å²) >= 11 is 0. The van der Waals surface area contributed by atoms with E-state index in [0.29, 0.717) is 19.4 Å². The van der Waals surface area contributed by atoms with E-state index in [2.05, 4.69) is 6.58 Å². The minimum Gasteiger partial charge on any atom is -0.480 e. The van der Waals surface area contributed by atoms with Crippen molar-refractivity contribution in [3.05, 3.63) is 12.8 Å². The summed E-state index contributed by atoms with van der Waals surface area (Å²) in [7, 11) is 0. The van der Waals surface area contributed by atoms with Gasteiger partial charge < -0.3 is 15.7 Å². The number of nitrogens with two attached hydrogens (primary N) is 1. The maximum absolute atomic E-state index is 11.1. The number of amides is 1. The van der Waals surface area contributed by atoms with Crippen LogP contribution in [-0.2, 0) is 9.59 Å². The predicted octanol–water partition coefficient (Wildman–Crippen LogP) is 0.561. The zero-order valence-corrected chi connectivity index (χ0v) is 8.98. The molecule has 0 radical (unpaired) electrons. The number of unbranched alkanes of at least 4 members (excludes halogenated alkanes) is 1. The van der Waals surface area contributed by atoms with Crippen molar-refractivity contribution in [2.24, 2.45) is 5.73 Å². The van der Waals surface area contributed by atoms with E-state index in [1.54, 1.807) is 0 Å². The maximum atomic E-state index is 11.1. The molecule has 5 heteroatoms. The molecule has 1 atom stereocenters. The number of aliphatic carboxylic acids is 1. The lowest BCUT2D eigenvalue weighted by molar-refractivity contribution is -0.147. The molecule has 1 unspecified atom stereocenters. The fourth-order valence-electron chi connectivity index (χ4n) is 1.34. The van der Waals surface area contributed by atoms with Crippen molar-refractivity contribution in [2.75, 3.05) is 6.54 Å². The molecule has 0 rings (SSSR count). The van der Waals surface area contributed by atoms with Gasteiger partial charge in [0.1, 0.15) is 6.04 Å². The lowest BCUT2D eigenvalue weighted by Crippen LogP contribution is -2.40. The van der Waals surface area contributed by atoms with Gasteiger partial charge in [0, 0.05) is 13.1 Å². The molecule has 1 amide bonds. The number of rotatable bonds is 7. The van der Waals surface area contributed by atoms with Gasteiger partial charge in [0.15, 0.2) is 0 Å². The third kappa shape index (κ3) is 4.60. The highest BCUT2D eigenvalue weighted by molar-refractivity contribution is 5.83. The van der Waals surface area contributed by atoms with E-state index < -0.39 is 12.0 Å². The standard InChI is InChI=1S/C10H18N2O3/c1-3-12(8(2)13)9(10(14)15)6-4-5-7-11/h3,9H,1,4-7,11H2,2H3,(H,14,15). The van der Waals surface area contributed by atoms with Crippen molar-refractivity contribution in [1.82, 2.24) is 4.90 Å². The van der Waals surface area contributed by atoms with Gasteiger partial charge in [0.05, 0.1) is 0 Å². The summed E-state index contributed by atoms with van der Waals surface area (Å²) in [4.78, 5) is 23.2. The lowest BCUT2D eigenvalue weighted by atomic mass is 10.1. The molecule has 0 heterocycles. The number of nitrogens with zero attached hydrogens (tertiary/aromatic N) is 1. The summed E-state index contributed by atoms with van der Waals surface area (Å²) in [5, 5.41) is 8.95. The van der Waals surface area contributed by atoms with Gasteiger partial charge in [-0.25, -0.2) is 4.79 Å². The average Bonchev–Trinajstić information content (AvgIpc) is 2.16. The number of carboxylic acids is 1. The molecule has 0 aliphatic heterocycles. The van der Waals surface area contributed by atoms with Crippen LogP contribution in [0.15, 0.2) is 12.8 Å². The molecule has 0 aromatic carbocycles. The Morgan fingerprint density at radius 2 is 2.13 bits per heavy atom. The summed E-state index contributed by atoms with van der Waals surface area (Å²) < 4.78 is 0. The van der Waals surface area contributed by atoms with Crippen molar-refractivity contribution in [3.8, 4) is 0 Å². The van der Waals surface area contributed by atoms with Crippen LogP contribution in [0.1, 0.15) is 26.2 Å². The molecule has 5 nitrogen and oxygen atoms in total. The Hall–Kier alpha value is -1.36. The summed E-state index contributed by atoms with van der Waals surface area (Å²) in [5.74, 6) is -1.33. The topological polar surface area (TPSA) is 83.6 Å². The van der Waals surface area contributed by atoms with Crippen LogP contribution in [0.25, 0.3) is 0 Å². The second-order valence-corrected chi connectivity index (χ2v) is 3.25. The molecule has 0 aliphatic rings. The average molecular weight is 214 g/mol. The number of carboxylic acid groups (broad SMARTS) is 1. The summed E-state index contributed by atoms with van der Waals surface area (Å²) in [5.41, 5.74) is 5.31. The van der Waals surface area contributed by atoms with Crippen molar-refractivity contribution in [1.29, 1.82) is 0 Å². The minimum absolute atomic E-state index is 0.315. The molecule has 0 aliphatic carbocycles. The van der Waals surface area contributed by atoms with Crippen molar-refractivity contribution < 1.29 is 14.7 Å². The first-order valence-electron chi connectivity index (χ1n) is 4.89. The normalized spacial score (nSPS) is 11.9. The second-order valence-electron chi connectivity index (χ2n) is 3.25. The zero-order chi connectivity index (χ0) is 11.8. The fraction of sp³-hybridized carbons (Fsp3) is 0.600. The van der Waals surface area contributed by atoms with E-state index in [-0.39, 0.29) is 5.91 Å². The maximum Gasteiger partial charge on any atom is 0.326 e. The first-order valence-corrected chi connectivity index (χ1v) is 4.89. The Balaban J connectivity index is 4.42. The van der Waals surface area contributed by atoms with Crippen LogP contribution in [0.4, 0.5) is 0 Å². The SMILES string of the molecule is C=CN(C(C)=O)C(CCCCN)C(=O)O. The molecule has 0 saturated heterocycles. The Labute approximate surface area is 89.6 Å². The third-order valence-corrected chi connectivity index (χ3v) is 2.11. The largest absolute Gasteiger partial charge is 0.480 e. The van der Waals surface area contributed by atoms with Gasteiger partial charge >= 0.3 is 5.97 Å². The zero-order valence-electron chi connectivity index (χ0n) is 8.98. The van der Waals surface area contributed by atoms with Gasteiger partial charge in [-0.1, -0.05) is 6.58 Å². The van der Waals surface area contributed by atoms with Crippen LogP contribution >= 0.6 is 0 Å². The van der Waals surface area contributed by atoms with Crippen LogP contribution < -0.4 is 5.73 Å². The van der Waals surface area contributed by atoms with Gasteiger partial charge in [-0.15, -0.1) is 0 Å². The predicted molar refractivity (Wildman–Crippen MR) is 57.0 cm³/mol. The lowest BCUT2D eigenvalue weighted by Gasteiger charge is -2.23. The van der Waals surface area contributed by atoms with Crippen LogP contribution in [0, 0.1) is 0 Å². The number of hydrogen-bond acceptors (Lipinski definition) is 3. The molecule has 0 bridgehead atoms. The molecule has 0 aromatic rings. The Morgan fingerprint density at radius 3 is 2.47 bits per heavy atom. The molecule has 86 valence electrons. The summed E-state index contributed by atoms with van der Waals surface area (Å²) in [6.45, 7) is 5.28.